The molecule has 3 heterocycles. The second-order valence-corrected chi connectivity index (χ2v) is 6.70. The van der Waals surface area contributed by atoms with Crippen molar-refractivity contribution in [1.29, 1.82) is 5.41 Å². The first kappa shape index (κ1) is 14.7. The SMILES string of the molecule is Cc1cccc(-c2cc(-c3cccnc3)cc3ccc(=N)sc23)n1. The van der Waals surface area contributed by atoms with E-state index in [1.807, 2.05) is 49.5 Å². The summed E-state index contributed by atoms with van der Waals surface area (Å²) in [5.74, 6) is 0. The molecule has 1 N–H and O–H groups in total. The zero-order chi connectivity index (χ0) is 16.5. The number of fused-ring (bicyclic) bond motifs is 1. The van der Waals surface area contributed by atoms with Crippen molar-refractivity contribution in [2.75, 3.05) is 0 Å². The standard InChI is InChI=1S/C20H15N3S/c1-13-4-2-6-18(23-13)17-11-16(15-5-3-9-22-12-15)10-14-7-8-19(21)24-20(14)17/h2-12,21H,1H3. The number of hydrogen-bond donors (Lipinski definition) is 1. The van der Waals surface area contributed by atoms with Gasteiger partial charge in [-0.3, -0.25) is 15.4 Å². The monoisotopic (exact) mass is 329 g/mol. The number of pyridine rings is 2. The maximum atomic E-state index is 7.98. The van der Waals surface area contributed by atoms with E-state index >= 15 is 0 Å². The van der Waals surface area contributed by atoms with Crippen LogP contribution >= 0.6 is 11.3 Å². The van der Waals surface area contributed by atoms with E-state index in [2.05, 4.69) is 28.2 Å². The highest BCUT2D eigenvalue weighted by atomic mass is 32.1. The summed E-state index contributed by atoms with van der Waals surface area (Å²) in [6.07, 6.45) is 3.65. The lowest BCUT2D eigenvalue weighted by molar-refractivity contribution is 1.21. The van der Waals surface area contributed by atoms with E-state index in [0.717, 1.165) is 38.2 Å². The van der Waals surface area contributed by atoms with Gasteiger partial charge in [-0.15, -0.1) is 11.3 Å². The summed E-state index contributed by atoms with van der Waals surface area (Å²) in [5.41, 5.74) is 5.17. The fourth-order valence-electron chi connectivity index (χ4n) is 2.78. The molecule has 0 saturated carbocycles. The van der Waals surface area contributed by atoms with Gasteiger partial charge < -0.3 is 0 Å². The summed E-state index contributed by atoms with van der Waals surface area (Å²) in [4.78, 5) is 8.92. The molecule has 0 aliphatic heterocycles. The number of nitrogens with one attached hydrogen (secondary N) is 1. The van der Waals surface area contributed by atoms with E-state index in [4.69, 9.17) is 5.41 Å². The molecule has 4 aromatic rings. The molecule has 3 aromatic heterocycles. The summed E-state index contributed by atoms with van der Waals surface area (Å²) in [5, 5.41) is 9.11. The molecule has 3 nitrogen and oxygen atoms in total. The molecule has 0 atom stereocenters. The third kappa shape index (κ3) is 2.72. The van der Waals surface area contributed by atoms with E-state index in [1.54, 1.807) is 6.20 Å². The molecule has 24 heavy (non-hydrogen) atoms. The Morgan fingerprint density at radius 2 is 1.88 bits per heavy atom. The van der Waals surface area contributed by atoms with Gasteiger partial charge in [0.25, 0.3) is 0 Å². The van der Waals surface area contributed by atoms with Crippen LogP contribution in [0.15, 0.2) is 67.0 Å². The Kier molecular flexibility index (Phi) is 3.67. The maximum absolute atomic E-state index is 7.98. The van der Waals surface area contributed by atoms with Crippen molar-refractivity contribution in [3.8, 4) is 22.4 Å². The minimum atomic E-state index is 0.547. The summed E-state index contributed by atoms with van der Waals surface area (Å²) in [6, 6.07) is 18.2. The van der Waals surface area contributed by atoms with Crippen LogP contribution in [0.2, 0.25) is 0 Å². The van der Waals surface area contributed by atoms with Crippen LogP contribution in [0.3, 0.4) is 0 Å². The summed E-state index contributed by atoms with van der Waals surface area (Å²) >= 11 is 1.48. The minimum Gasteiger partial charge on any atom is -0.290 e. The first-order valence-electron chi connectivity index (χ1n) is 7.68. The Morgan fingerprint density at radius 1 is 0.958 bits per heavy atom. The fourth-order valence-corrected chi connectivity index (χ4v) is 3.66. The van der Waals surface area contributed by atoms with E-state index < -0.39 is 0 Å². The van der Waals surface area contributed by atoms with Crippen LogP contribution in [-0.2, 0) is 0 Å². The van der Waals surface area contributed by atoms with Crippen LogP contribution < -0.4 is 4.67 Å². The molecule has 0 radical (unpaired) electrons. The predicted octanol–water partition coefficient (Wildman–Crippen LogP) is 4.81. The van der Waals surface area contributed by atoms with Gasteiger partial charge in [0.05, 0.1) is 5.69 Å². The number of rotatable bonds is 2. The molecular weight excluding hydrogens is 314 g/mol. The lowest BCUT2D eigenvalue weighted by atomic mass is 10.00. The van der Waals surface area contributed by atoms with E-state index in [9.17, 15) is 0 Å². The zero-order valence-electron chi connectivity index (χ0n) is 13.2. The highest BCUT2D eigenvalue weighted by Gasteiger charge is 2.10. The Morgan fingerprint density at radius 3 is 2.67 bits per heavy atom. The molecule has 0 bridgehead atoms. The maximum Gasteiger partial charge on any atom is 0.107 e. The first-order chi connectivity index (χ1) is 11.7. The predicted molar refractivity (Wildman–Crippen MR) is 98.9 cm³/mol. The largest absolute Gasteiger partial charge is 0.290 e. The van der Waals surface area contributed by atoms with Crippen LogP contribution in [0.4, 0.5) is 0 Å². The first-order valence-corrected chi connectivity index (χ1v) is 8.49. The van der Waals surface area contributed by atoms with Crippen molar-refractivity contribution >= 4 is 21.4 Å². The topological polar surface area (TPSA) is 49.6 Å². The molecule has 0 aliphatic carbocycles. The summed E-state index contributed by atoms with van der Waals surface area (Å²) in [6.45, 7) is 2.00. The van der Waals surface area contributed by atoms with Crippen molar-refractivity contribution in [1.82, 2.24) is 9.97 Å². The van der Waals surface area contributed by atoms with E-state index in [1.165, 1.54) is 11.3 Å². The van der Waals surface area contributed by atoms with Gasteiger partial charge in [-0.25, -0.2) is 0 Å². The lowest BCUT2D eigenvalue weighted by Gasteiger charge is -2.10. The molecular formula is C20H15N3S. The number of aromatic nitrogens is 2. The Hall–Kier alpha value is -2.85. The quantitative estimate of drug-likeness (QED) is 0.573. The van der Waals surface area contributed by atoms with Crippen molar-refractivity contribution in [3.63, 3.8) is 0 Å². The third-order valence-electron chi connectivity index (χ3n) is 3.90. The average molecular weight is 329 g/mol. The average Bonchev–Trinajstić information content (AvgIpc) is 2.61. The van der Waals surface area contributed by atoms with Gasteiger partial charge in [-0.2, -0.15) is 0 Å². The van der Waals surface area contributed by atoms with Crippen LogP contribution in [0.5, 0.6) is 0 Å². The van der Waals surface area contributed by atoms with Gasteiger partial charge in [-0.1, -0.05) is 18.2 Å². The van der Waals surface area contributed by atoms with E-state index in [-0.39, 0.29) is 0 Å². The van der Waals surface area contributed by atoms with Crippen LogP contribution in [0, 0.1) is 12.3 Å². The highest BCUT2D eigenvalue weighted by molar-refractivity contribution is 7.16. The molecule has 0 saturated heterocycles. The Balaban J connectivity index is 2.05. The van der Waals surface area contributed by atoms with Gasteiger partial charge in [-0.05, 0) is 54.3 Å². The van der Waals surface area contributed by atoms with Crippen LogP contribution in [-0.4, -0.2) is 9.97 Å². The van der Waals surface area contributed by atoms with Crippen molar-refractivity contribution in [2.45, 2.75) is 6.92 Å². The van der Waals surface area contributed by atoms with Crippen molar-refractivity contribution in [2.24, 2.45) is 0 Å². The second kappa shape index (κ2) is 5.98. The number of benzene rings is 1. The molecule has 0 spiro atoms. The number of aryl methyl sites for hydroxylation is 1. The highest BCUT2D eigenvalue weighted by Crippen LogP contribution is 2.34. The lowest BCUT2D eigenvalue weighted by Crippen LogP contribution is -1.94. The second-order valence-electron chi connectivity index (χ2n) is 5.65. The molecule has 116 valence electrons. The molecule has 0 aliphatic rings. The normalized spacial score (nSPS) is 10.9. The smallest absolute Gasteiger partial charge is 0.107 e. The van der Waals surface area contributed by atoms with Gasteiger partial charge in [0.1, 0.15) is 4.67 Å². The molecule has 0 fully saturated rings. The van der Waals surface area contributed by atoms with Gasteiger partial charge in [0.15, 0.2) is 0 Å². The molecule has 4 rings (SSSR count). The molecule has 1 aromatic carbocycles. The fraction of sp³-hybridized carbons (Fsp3) is 0.0500. The number of nitrogens with zero attached hydrogens (tertiary/aromatic N) is 2. The zero-order valence-corrected chi connectivity index (χ0v) is 14.0. The Bertz CT molecular complexity index is 1080. The third-order valence-corrected chi connectivity index (χ3v) is 4.92. The van der Waals surface area contributed by atoms with Crippen LogP contribution in [0.1, 0.15) is 5.69 Å². The minimum absolute atomic E-state index is 0.547. The molecule has 0 unspecified atom stereocenters. The van der Waals surface area contributed by atoms with Crippen LogP contribution in [0.25, 0.3) is 32.5 Å². The summed E-state index contributed by atoms with van der Waals surface area (Å²) in [7, 11) is 0. The van der Waals surface area contributed by atoms with Gasteiger partial charge in [0, 0.05) is 33.9 Å². The van der Waals surface area contributed by atoms with E-state index in [0.29, 0.717) is 4.67 Å². The molecule has 4 heteroatoms. The number of hydrogen-bond acceptors (Lipinski definition) is 4. The van der Waals surface area contributed by atoms with Gasteiger partial charge in [0.2, 0.25) is 0 Å². The summed E-state index contributed by atoms with van der Waals surface area (Å²) < 4.78 is 1.64. The Labute approximate surface area is 143 Å². The molecule has 0 amide bonds. The van der Waals surface area contributed by atoms with Crippen molar-refractivity contribution < 1.29 is 0 Å². The van der Waals surface area contributed by atoms with Crippen molar-refractivity contribution in [3.05, 3.63) is 77.4 Å². The van der Waals surface area contributed by atoms with Gasteiger partial charge >= 0.3 is 0 Å².